The lowest BCUT2D eigenvalue weighted by molar-refractivity contribution is -0.155. The van der Waals surface area contributed by atoms with Crippen molar-refractivity contribution in [3.8, 4) is 0 Å². The lowest BCUT2D eigenvalue weighted by Crippen LogP contribution is -2.26. The van der Waals surface area contributed by atoms with Gasteiger partial charge < -0.3 is 9.30 Å². The highest BCUT2D eigenvalue weighted by molar-refractivity contribution is 5.97. The maximum Gasteiger partial charge on any atom is 0.326 e. The van der Waals surface area contributed by atoms with Crippen LogP contribution in [0.4, 0.5) is 0 Å². The number of esters is 1. The van der Waals surface area contributed by atoms with Gasteiger partial charge in [0.15, 0.2) is 6.29 Å². The van der Waals surface area contributed by atoms with E-state index in [4.69, 9.17) is 4.74 Å². The fourth-order valence-electron chi connectivity index (χ4n) is 1.90. The van der Waals surface area contributed by atoms with Gasteiger partial charge in [-0.1, -0.05) is 13.8 Å². The third-order valence-electron chi connectivity index (χ3n) is 2.56. The number of fused-ring (bicyclic) bond motifs is 1. The molecule has 0 aliphatic heterocycles. The summed E-state index contributed by atoms with van der Waals surface area (Å²) in [5, 5.41) is 0.737. The van der Waals surface area contributed by atoms with E-state index in [-0.39, 0.29) is 12.5 Å². The van der Waals surface area contributed by atoms with Crippen LogP contribution in [0.2, 0.25) is 0 Å². The zero-order valence-corrected chi connectivity index (χ0v) is 13.2. The van der Waals surface area contributed by atoms with Crippen LogP contribution in [-0.4, -0.2) is 27.4 Å². The molecule has 2 aromatic heterocycles. The number of pyridine rings is 1. The second-order valence-corrected chi connectivity index (χ2v) is 5.31. The minimum absolute atomic E-state index is 0.0750. The van der Waals surface area contributed by atoms with Gasteiger partial charge in [0.05, 0.1) is 5.52 Å². The third kappa shape index (κ3) is 4.41. The van der Waals surface area contributed by atoms with Gasteiger partial charge in [-0.05, 0) is 26.8 Å². The van der Waals surface area contributed by atoms with Gasteiger partial charge >= 0.3 is 5.97 Å². The van der Waals surface area contributed by atoms with Crippen LogP contribution in [0.1, 0.15) is 45.0 Å². The summed E-state index contributed by atoms with van der Waals surface area (Å²) >= 11 is 0. The zero-order chi connectivity index (χ0) is 16.0. The number of aldehydes is 1. The Hall–Kier alpha value is -2.17. The van der Waals surface area contributed by atoms with E-state index in [0.717, 1.165) is 17.2 Å². The smallest absolute Gasteiger partial charge is 0.326 e. The molecule has 2 heterocycles. The highest BCUT2D eigenvalue weighted by Crippen LogP contribution is 2.19. The number of nitrogens with zero attached hydrogens (tertiary/aromatic N) is 2. The van der Waals surface area contributed by atoms with Crippen LogP contribution >= 0.6 is 0 Å². The Kier molecular flexibility index (Phi) is 5.64. The number of rotatable bonds is 3. The largest absolute Gasteiger partial charge is 0.459 e. The molecule has 0 aromatic carbocycles. The molecule has 0 spiro atoms. The van der Waals surface area contributed by atoms with Crippen molar-refractivity contribution < 1.29 is 14.3 Å². The molecule has 0 saturated carbocycles. The van der Waals surface area contributed by atoms with Crippen LogP contribution in [0, 0.1) is 0 Å². The number of carbonyl (C=O) groups excluding carboxylic acids is 2. The van der Waals surface area contributed by atoms with E-state index in [9.17, 15) is 9.59 Å². The highest BCUT2D eigenvalue weighted by atomic mass is 16.6. The van der Waals surface area contributed by atoms with Crippen LogP contribution in [0.5, 0.6) is 0 Å². The van der Waals surface area contributed by atoms with E-state index in [0.29, 0.717) is 5.56 Å². The first-order valence-electron chi connectivity index (χ1n) is 7.00. The number of aromatic nitrogens is 2. The van der Waals surface area contributed by atoms with Gasteiger partial charge in [0, 0.05) is 29.5 Å². The first-order valence-corrected chi connectivity index (χ1v) is 7.00. The van der Waals surface area contributed by atoms with Crippen molar-refractivity contribution in [1.82, 2.24) is 9.55 Å². The first-order chi connectivity index (χ1) is 9.90. The fourth-order valence-corrected chi connectivity index (χ4v) is 1.90. The standard InChI is InChI=1S/C14H16N2O3.C2H6/c1-14(2,3)19-13(18)8-16-7-10(9-17)11-6-15-5-4-12(11)16;1-2/h4-7,9H,8H2,1-3H3;1-2H3. The molecule has 2 rings (SSSR count). The molecular weight excluding hydrogens is 268 g/mol. The van der Waals surface area contributed by atoms with Gasteiger partial charge in [0.2, 0.25) is 0 Å². The van der Waals surface area contributed by atoms with E-state index >= 15 is 0 Å². The van der Waals surface area contributed by atoms with E-state index in [2.05, 4.69) is 4.98 Å². The minimum Gasteiger partial charge on any atom is -0.459 e. The molecule has 0 saturated heterocycles. The summed E-state index contributed by atoms with van der Waals surface area (Å²) in [6.07, 6.45) is 5.64. The van der Waals surface area contributed by atoms with Crippen molar-refractivity contribution in [3.05, 3.63) is 30.2 Å². The van der Waals surface area contributed by atoms with E-state index < -0.39 is 5.60 Å². The lowest BCUT2D eigenvalue weighted by Gasteiger charge is -2.19. The van der Waals surface area contributed by atoms with Crippen LogP contribution in [0.15, 0.2) is 24.7 Å². The van der Waals surface area contributed by atoms with Crippen LogP contribution < -0.4 is 0 Å². The monoisotopic (exact) mass is 290 g/mol. The molecule has 0 atom stereocenters. The summed E-state index contributed by atoms with van der Waals surface area (Å²) in [6, 6.07) is 1.77. The Labute approximate surface area is 124 Å². The summed E-state index contributed by atoms with van der Waals surface area (Å²) in [6.45, 7) is 9.53. The van der Waals surface area contributed by atoms with Gasteiger partial charge in [-0.25, -0.2) is 0 Å². The summed E-state index contributed by atoms with van der Waals surface area (Å²) < 4.78 is 6.97. The number of hydrogen-bond acceptors (Lipinski definition) is 4. The van der Waals surface area contributed by atoms with E-state index in [1.165, 1.54) is 0 Å². The Morgan fingerprint density at radius 3 is 2.62 bits per heavy atom. The molecule has 0 amide bonds. The predicted octanol–water partition coefficient (Wildman–Crippen LogP) is 3.22. The average molecular weight is 290 g/mol. The first kappa shape index (κ1) is 16.9. The molecule has 0 fully saturated rings. The number of carbonyl (C=O) groups is 2. The van der Waals surface area contributed by atoms with Gasteiger partial charge in [-0.3, -0.25) is 14.6 Å². The highest BCUT2D eigenvalue weighted by Gasteiger charge is 2.18. The molecule has 21 heavy (non-hydrogen) atoms. The molecule has 0 aliphatic carbocycles. The van der Waals surface area contributed by atoms with Crippen molar-refractivity contribution >= 4 is 23.2 Å². The normalized spacial score (nSPS) is 10.7. The Balaban J connectivity index is 0.00000106. The average Bonchev–Trinajstić information content (AvgIpc) is 2.77. The van der Waals surface area contributed by atoms with Crippen LogP contribution in [0.3, 0.4) is 0 Å². The third-order valence-corrected chi connectivity index (χ3v) is 2.56. The maximum atomic E-state index is 11.8. The molecule has 0 aliphatic rings. The van der Waals surface area contributed by atoms with Crippen molar-refractivity contribution in [3.63, 3.8) is 0 Å². The van der Waals surface area contributed by atoms with Crippen LogP contribution in [0.25, 0.3) is 10.9 Å². The summed E-state index contributed by atoms with van der Waals surface area (Å²) in [5.74, 6) is -0.335. The second kappa shape index (κ2) is 7.02. The topological polar surface area (TPSA) is 61.2 Å². The molecule has 114 valence electrons. The molecule has 0 bridgehead atoms. The summed E-state index contributed by atoms with van der Waals surface area (Å²) in [5.41, 5.74) is 0.796. The van der Waals surface area contributed by atoms with Gasteiger partial charge in [-0.2, -0.15) is 0 Å². The second-order valence-electron chi connectivity index (χ2n) is 5.31. The Morgan fingerprint density at radius 2 is 2.05 bits per heavy atom. The molecule has 0 unspecified atom stereocenters. The Bertz CT molecular complexity index is 624. The molecule has 5 nitrogen and oxygen atoms in total. The molecule has 0 radical (unpaired) electrons. The number of ether oxygens (including phenoxy) is 1. The maximum absolute atomic E-state index is 11.8. The Morgan fingerprint density at radius 1 is 1.38 bits per heavy atom. The molecular formula is C16H22N2O3. The minimum atomic E-state index is -0.519. The van der Waals surface area contributed by atoms with Gasteiger partial charge in [0.1, 0.15) is 12.1 Å². The zero-order valence-electron chi connectivity index (χ0n) is 13.2. The van der Waals surface area contributed by atoms with E-state index in [1.807, 2.05) is 34.6 Å². The van der Waals surface area contributed by atoms with Crippen molar-refractivity contribution in [2.24, 2.45) is 0 Å². The SMILES string of the molecule is CC.CC(C)(C)OC(=O)Cn1cc(C=O)c2cnccc21. The summed E-state index contributed by atoms with van der Waals surface area (Å²) in [7, 11) is 0. The molecule has 5 heteroatoms. The van der Waals surface area contributed by atoms with Gasteiger partial charge in [0.25, 0.3) is 0 Å². The molecule has 2 aromatic rings. The number of hydrogen-bond donors (Lipinski definition) is 0. The van der Waals surface area contributed by atoms with Crippen LogP contribution in [-0.2, 0) is 16.1 Å². The summed E-state index contributed by atoms with van der Waals surface area (Å²) in [4.78, 5) is 26.8. The van der Waals surface area contributed by atoms with Crippen molar-refractivity contribution in [2.75, 3.05) is 0 Å². The predicted molar refractivity (Wildman–Crippen MR) is 82.3 cm³/mol. The van der Waals surface area contributed by atoms with Gasteiger partial charge in [-0.15, -0.1) is 0 Å². The van der Waals surface area contributed by atoms with Crippen molar-refractivity contribution in [2.45, 2.75) is 46.8 Å². The molecule has 0 N–H and O–H groups in total. The lowest BCUT2D eigenvalue weighted by atomic mass is 10.2. The van der Waals surface area contributed by atoms with E-state index in [1.54, 1.807) is 29.2 Å². The fraction of sp³-hybridized carbons (Fsp3) is 0.438. The quantitative estimate of drug-likeness (QED) is 0.643. The van der Waals surface area contributed by atoms with Crippen molar-refractivity contribution in [1.29, 1.82) is 0 Å².